The maximum absolute atomic E-state index is 12.6. The summed E-state index contributed by atoms with van der Waals surface area (Å²) in [7, 11) is 0. The molecule has 2 amide bonds. The largest absolute Gasteiger partial charge is 0.440 e. The standard InChI is InChI=1S/C20H25N3O3/c24-18(22-16-8-4-5-11-21-19(16)25)14-9-10-15-17(12-14)26-20(23-15)13-6-2-1-3-7-13/h9-10,12-13,16H,1-8,11H2,(H,21,25)(H,22,24)/t16-/m0/s1. The summed E-state index contributed by atoms with van der Waals surface area (Å²) in [5, 5.41) is 5.69. The zero-order valence-electron chi connectivity index (χ0n) is 14.9. The molecule has 2 heterocycles. The quantitative estimate of drug-likeness (QED) is 0.885. The molecule has 2 aliphatic rings. The van der Waals surface area contributed by atoms with Gasteiger partial charge < -0.3 is 15.1 Å². The molecule has 2 N–H and O–H groups in total. The number of fused-ring (bicyclic) bond motifs is 1. The van der Waals surface area contributed by atoms with Crippen LogP contribution in [0.1, 0.15) is 73.5 Å². The van der Waals surface area contributed by atoms with Crippen LogP contribution in [0.2, 0.25) is 0 Å². The maximum atomic E-state index is 12.6. The zero-order chi connectivity index (χ0) is 17.9. The summed E-state index contributed by atoms with van der Waals surface area (Å²) >= 11 is 0. The normalized spacial score (nSPS) is 22.0. The van der Waals surface area contributed by atoms with Gasteiger partial charge >= 0.3 is 0 Å². The van der Waals surface area contributed by atoms with Gasteiger partial charge in [-0.3, -0.25) is 9.59 Å². The van der Waals surface area contributed by atoms with Gasteiger partial charge in [0.15, 0.2) is 11.5 Å². The highest BCUT2D eigenvalue weighted by atomic mass is 16.3. The third-order valence-corrected chi connectivity index (χ3v) is 5.46. The van der Waals surface area contributed by atoms with E-state index in [9.17, 15) is 9.59 Å². The van der Waals surface area contributed by atoms with Crippen molar-refractivity contribution in [1.29, 1.82) is 0 Å². The van der Waals surface area contributed by atoms with E-state index in [-0.39, 0.29) is 11.8 Å². The first-order chi connectivity index (χ1) is 12.7. The van der Waals surface area contributed by atoms with Crippen molar-refractivity contribution in [2.45, 2.75) is 63.3 Å². The second-order valence-corrected chi connectivity index (χ2v) is 7.38. The number of hydrogen-bond acceptors (Lipinski definition) is 4. The van der Waals surface area contributed by atoms with Crippen LogP contribution < -0.4 is 10.6 Å². The van der Waals surface area contributed by atoms with Crippen LogP contribution >= 0.6 is 0 Å². The molecule has 1 aliphatic heterocycles. The molecule has 0 radical (unpaired) electrons. The average Bonchev–Trinajstić information content (AvgIpc) is 3.00. The molecule has 6 nitrogen and oxygen atoms in total. The summed E-state index contributed by atoms with van der Waals surface area (Å²) in [5.74, 6) is 0.837. The van der Waals surface area contributed by atoms with Gasteiger partial charge in [0.25, 0.3) is 5.91 Å². The number of benzene rings is 1. The number of oxazole rings is 1. The van der Waals surface area contributed by atoms with Gasteiger partial charge in [-0.15, -0.1) is 0 Å². The second kappa shape index (κ2) is 7.48. The molecule has 1 saturated carbocycles. The van der Waals surface area contributed by atoms with Crippen LogP contribution in [-0.2, 0) is 4.79 Å². The maximum Gasteiger partial charge on any atom is 0.252 e. The lowest BCUT2D eigenvalue weighted by molar-refractivity contribution is -0.122. The number of hydrogen-bond donors (Lipinski definition) is 2. The van der Waals surface area contributed by atoms with Gasteiger partial charge in [0.1, 0.15) is 11.6 Å². The molecule has 4 rings (SSSR count). The summed E-state index contributed by atoms with van der Waals surface area (Å²) in [5.41, 5.74) is 1.93. The first kappa shape index (κ1) is 17.1. The molecule has 0 unspecified atom stereocenters. The van der Waals surface area contributed by atoms with E-state index in [4.69, 9.17) is 4.42 Å². The predicted molar refractivity (Wildman–Crippen MR) is 97.9 cm³/mol. The van der Waals surface area contributed by atoms with Gasteiger partial charge in [-0.05, 0) is 50.3 Å². The van der Waals surface area contributed by atoms with Crippen LogP contribution in [0.25, 0.3) is 11.1 Å². The molecular formula is C20H25N3O3. The van der Waals surface area contributed by atoms with Crippen molar-refractivity contribution in [1.82, 2.24) is 15.6 Å². The van der Waals surface area contributed by atoms with Gasteiger partial charge in [-0.25, -0.2) is 4.98 Å². The Balaban J connectivity index is 1.50. The Morgan fingerprint density at radius 1 is 1.12 bits per heavy atom. The molecular weight excluding hydrogens is 330 g/mol. The third kappa shape index (κ3) is 3.59. The Labute approximate surface area is 152 Å². The van der Waals surface area contributed by atoms with E-state index in [1.54, 1.807) is 12.1 Å². The average molecular weight is 355 g/mol. The number of carbonyl (C=O) groups is 2. The minimum atomic E-state index is -0.465. The van der Waals surface area contributed by atoms with Crippen molar-refractivity contribution >= 4 is 22.9 Å². The highest BCUT2D eigenvalue weighted by Gasteiger charge is 2.24. The summed E-state index contributed by atoms with van der Waals surface area (Å²) in [6.45, 7) is 0.680. The molecule has 1 aromatic heterocycles. The van der Waals surface area contributed by atoms with Gasteiger partial charge in [0.05, 0.1) is 0 Å². The van der Waals surface area contributed by atoms with Crippen molar-refractivity contribution in [3.8, 4) is 0 Å². The lowest BCUT2D eigenvalue weighted by Crippen LogP contribution is -2.45. The molecule has 0 bridgehead atoms. The Hall–Kier alpha value is -2.37. The minimum absolute atomic E-state index is 0.101. The fraction of sp³-hybridized carbons (Fsp3) is 0.550. The Bertz CT molecular complexity index is 808. The SMILES string of the molecule is O=C(N[C@H]1CCCCNC1=O)c1ccc2nc(C3CCCCC3)oc2c1. The van der Waals surface area contributed by atoms with E-state index in [2.05, 4.69) is 15.6 Å². The summed E-state index contributed by atoms with van der Waals surface area (Å²) in [6.07, 6.45) is 8.53. The predicted octanol–water partition coefficient (Wildman–Crippen LogP) is 3.27. The molecule has 6 heteroatoms. The summed E-state index contributed by atoms with van der Waals surface area (Å²) in [4.78, 5) is 29.2. The minimum Gasteiger partial charge on any atom is -0.440 e. The van der Waals surface area contributed by atoms with Gasteiger partial charge in [-0.2, -0.15) is 0 Å². The Kier molecular flexibility index (Phi) is 4.91. The molecule has 2 fully saturated rings. The van der Waals surface area contributed by atoms with Gasteiger partial charge in [0.2, 0.25) is 5.91 Å². The summed E-state index contributed by atoms with van der Waals surface area (Å²) in [6, 6.07) is 4.85. The van der Waals surface area contributed by atoms with Crippen LogP contribution in [0.5, 0.6) is 0 Å². The lowest BCUT2D eigenvalue weighted by atomic mass is 9.89. The molecule has 26 heavy (non-hydrogen) atoms. The number of nitrogens with zero attached hydrogens (tertiary/aromatic N) is 1. The Morgan fingerprint density at radius 3 is 2.77 bits per heavy atom. The van der Waals surface area contributed by atoms with Crippen LogP contribution in [0, 0.1) is 0 Å². The topological polar surface area (TPSA) is 84.2 Å². The Morgan fingerprint density at radius 2 is 1.92 bits per heavy atom. The van der Waals surface area contributed by atoms with Crippen molar-refractivity contribution in [2.24, 2.45) is 0 Å². The molecule has 1 aromatic carbocycles. The lowest BCUT2D eigenvalue weighted by Gasteiger charge is -2.17. The molecule has 138 valence electrons. The van der Waals surface area contributed by atoms with E-state index in [1.807, 2.05) is 6.07 Å². The first-order valence-corrected chi connectivity index (χ1v) is 9.70. The van der Waals surface area contributed by atoms with Crippen LogP contribution in [0.15, 0.2) is 22.6 Å². The van der Waals surface area contributed by atoms with Gasteiger partial charge in [-0.1, -0.05) is 19.3 Å². The molecule has 2 aromatic rings. The van der Waals surface area contributed by atoms with Crippen LogP contribution in [-0.4, -0.2) is 29.4 Å². The van der Waals surface area contributed by atoms with Gasteiger partial charge in [0, 0.05) is 18.0 Å². The van der Waals surface area contributed by atoms with Crippen molar-refractivity contribution in [3.05, 3.63) is 29.7 Å². The van der Waals surface area contributed by atoms with Crippen LogP contribution in [0.3, 0.4) is 0 Å². The molecule has 0 spiro atoms. The number of nitrogens with one attached hydrogen (secondary N) is 2. The zero-order valence-corrected chi connectivity index (χ0v) is 14.9. The van der Waals surface area contributed by atoms with E-state index >= 15 is 0 Å². The molecule has 1 saturated heterocycles. The number of aromatic nitrogens is 1. The number of rotatable bonds is 3. The molecule has 1 aliphatic carbocycles. The van der Waals surface area contributed by atoms with Crippen molar-refractivity contribution in [3.63, 3.8) is 0 Å². The van der Waals surface area contributed by atoms with E-state index in [0.717, 1.165) is 37.1 Å². The third-order valence-electron chi connectivity index (χ3n) is 5.46. The second-order valence-electron chi connectivity index (χ2n) is 7.38. The van der Waals surface area contributed by atoms with Crippen LogP contribution in [0.4, 0.5) is 0 Å². The fourth-order valence-electron chi connectivity index (χ4n) is 3.93. The number of carbonyl (C=O) groups excluding carboxylic acids is 2. The van der Waals surface area contributed by atoms with Crippen molar-refractivity contribution < 1.29 is 14.0 Å². The monoisotopic (exact) mass is 355 g/mol. The van der Waals surface area contributed by atoms with E-state index in [0.29, 0.717) is 30.0 Å². The van der Waals surface area contributed by atoms with E-state index in [1.165, 1.54) is 19.3 Å². The van der Waals surface area contributed by atoms with Crippen molar-refractivity contribution in [2.75, 3.05) is 6.54 Å². The number of amides is 2. The highest BCUT2D eigenvalue weighted by molar-refractivity contribution is 5.99. The highest BCUT2D eigenvalue weighted by Crippen LogP contribution is 2.33. The first-order valence-electron chi connectivity index (χ1n) is 9.70. The smallest absolute Gasteiger partial charge is 0.252 e. The summed E-state index contributed by atoms with van der Waals surface area (Å²) < 4.78 is 5.96. The molecule has 1 atom stereocenters. The van der Waals surface area contributed by atoms with E-state index < -0.39 is 6.04 Å². The fourth-order valence-corrected chi connectivity index (χ4v) is 3.93.